The van der Waals surface area contributed by atoms with Crippen LogP contribution in [0.3, 0.4) is 0 Å². The minimum absolute atomic E-state index is 0.363. The van der Waals surface area contributed by atoms with Crippen molar-refractivity contribution in [2.24, 2.45) is 11.7 Å². The van der Waals surface area contributed by atoms with Crippen LogP contribution >= 0.6 is 0 Å². The largest absolute Gasteiger partial charge is 0.330 e. The third-order valence-corrected chi connectivity index (χ3v) is 2.39. The number of nitrogens with two attached hydrogens (primary N) is 1. The Bertz CT molecular complexity index is 297. The molecule has 3 heteroatoms. The molecule has 0 saturated heterocycles. The van der Waals surface area contributed by atoms with E-state index in [0.717, 1.165) is 24.4 Å². The molecule has 1 aromatic heterocycles. The Labute approximate surface area is 92.1 Å². The molecule has 0 aliphatic heterocycles. The van der Waals surface area contributed by atoms with Crippen molar-refractivity contribution in [2.45, 2.75) is 39.5 Å². The summed E-state index contributed by atoms with van der Waals surface area (Å²) in [6.45, 7) is 7.22. The molecule has 0 saturated carbocycles. The van der Waals surface area contributed by atoms with Crippen molar-refractivity contribution in [1.82, 2.24) is 9.97 Å². The first kappa shape index (κ1) is 12.1. The maximum atomic E-state index is 5.53. The van der Waals surface area contributed by atoms with Gasteiger partial charge in [0, 0.05) is 17.8 Å². The van der Waals surface area contributed by atoms with Crippen molar-refractivity contribution in [3.05, 3.63) is 23.8 Å². The van der Waals surface area contributed by atoms with E-state index in [1.807, 2.05) is 12.3 Å². The van der Waals surface area contributed by atoms with Crippen molar-refractivity contribution in [3.63, 3.8) is 0 Å². The standard InChI is InChI=1S/C12H21N3/c1-9(2)8-11-5-7-14-12(15-11)10(3)4-6-13/h5,7,9-10H,4,6,8,13H2,1-3H3. The van der Waals surface area contributed by atoms with E-state index in [0.29, 0.717) is 18.4 Å². The molecule has 0 amide bonds. The molecule has 1 atom stereocenters. The summed E-state index contributed by atoms with van der Waals surface area (Å²) < 4.78 is 0. The van der Waals surface area contributed by atoms with E-state index < -0.39 is 0 Å². The average molecular weight is 207 g/mol. The molecule has 1 aromatic rings. The summed E-state index contributed by atoms with van der Waals surface area (Å²) in [6, 6.07) is 2.00. The van der Waals surface area contributed by atoms with Gasteiger partial charge in [-0.05, 0) is 31.4 Å². The molecule has 0 bridgehead atoms. The number of hydrogen-bond donors (Lipinski definition) is 1. The van der Waals surface area contributed by atoms with Gasteiger partial charge in [-0.2, -0.15) is 0 Å². The van der Waals surface area contributed by atoms with E-state index in [9.17, 15) is 0 Å². The first-order valence-corrected chi connectivity index (χ1v) is 5.65. The highest BCUT2D eigenvalue weighted by atomic mass is 14.9. The summed E-state index contributed by atoms with van der Waals surface area (Å²) in [4.78, 5) is 8.86. The van der Waals surface area contributed by atoms with Crippen LogP contribution in [0.1, 0.15) is 44.6 Å². The first-order valence-electron chi connectivity index (χ1n) is 5.65. The normalized spacial score (nSPS) is 13.1. The second-order valence-electron chi connectivity index (χ2n) is 4.48. The van der Waals surface area contributed by atoms with Crippen LogP contribution < -0.4 is 5.73 Å². The van der Waals surface area contributed by atoms with E-state index in [1.165, 1.54) is 0 Å². The molecule has 0 aliphatic carbocycles. The highest BCUT2D eigenvalue weighted by molar-refractivity contribution is 5.05. The van der Waals surface area contributed by atoms with Gasteiger partial charge in [-0.1, -0.05) is 20.8 Å². The van der Waals surface area contributed by atoms with Gasteiger partial charge in [0.25, 0.3) is 0 Å². The smallest absolute Gasteiger partial charge is 0.131 e. The molecule has 3 nitrogen and oxygen atoms in total. The summed E-state index contributed by atoms with van der Waals surface area (Å²) in [5, 5.41) is 0. The number of hydrogen-bond acceptors (Lipinski definition) is 3. The first-order chi connectivity index (χ1) is 7.13. The Hall–Kier alpha value is -0.960. The van der Waals surface area contributed by atoms with E-state index >= 15 is 0 Å². The summed E-state index contributed by atoms with van der Waals surface area (Å²) in [6.07, 6.45) is 3.82. The van der Waals surface area contributed by atoms with Gasteiger partial charge in [0.05, 0.1) is 0 Å². The Balaban J connectivity index is 2.73. The molecule has 1 heterocycles. The minimum Gasteiger partial charge on any atom is -0.330 e. The summed E-state index contributed by atoms with van der Waals surface area (Å²) in [5.41, 5.74) is 6.67. The number of rotatable bonds is 5. The van der Waals surface area contributed by atoms with Gasteiger partial charge in [0.15, 0.2) is 0 Å². The van der Waals surface area contributed by atoms with Crippen molar-refractivity contribution >= 4 is 0 Å². The molecule has 0 spiro atoms. The molecule has 84 valence electrons. The van der Waals surface area contributed by atoms with Gasteiger partial charge in [0.2, 0.25) is 0 Å². The lowest BCUT2D eigenvalue weighted by Crippen LogP contribution is -2.09. The summed E-state index contributed by atoms with van der Waals surface area (Å²) in [5.74, 6) is 1.93. The fourth-order valence-corrected chi connectivity index (χ4v) is 1.56. The number of aromatic nitrogens is 2. The van der Waals surface area contributed by atoms with Crippen LogP contribution in [0.25, 0.3) is 0 Å². The second kappa shape index (κ2) is 5.81. The molecular formula is C12H21N3. The molecule has 0 aromatic carbocycles. The second-order valence-corrected chi connectivity index (χ2v) is 4.48. The van der Waals surface area contributed by atoms with Gasteiger partial charge in [0.1, 0.15) is 5.82 Å². The van der Waals surface area contributed by atoms with Crippen molar-refractivity contribution in [1.29, 1.82) is 0 Å². The Morgan fingerprint density at radius 3 is 2.67 bits per heavy atom. The maximum Gasteiger partial charge on any atom is 0.131 e. The predicted molar refractivity (Wildman–Crippen MR) is 62.7 cm³/mol. The SMILES string of the molecule is CC(C)Cc1ccnc(C(C)CCN)n1. The molecule has 0 fully saturated rings. The predicted octanol–water partition coefficient (Wildman–Crippen LogP) is 2.13. The van der Waals surface area contributed by atoms with Crippen LogP contribution in [0.4, 0.5) is 0 Å². The highest BCUT2D eigenvalue weighted by Gasteiger charge is 2.08. The molecular weight excluding hydrogens is 186 g/mol. The van der Waals surface area contributed by atoms with Gasteiger partial charge in [-0.25, -0.2) is 9.97 Å². The fourth-order valence-electron chi connectivity index (χ4n) is 1.56. The quantitative estimate of drug-likeness (QED) is 0.804. The molecule has 1 rings (SSSR count). The maximum absolute atomic E-state index is 5.53. The minimum atomic E-state index is 0.363. The molecule has 0 aliphatic rings. The zero-order valence-corrected chi connectivity index (χ0v) is 9.90. The van der Waals surface area contributed by atoms with Gasteiger partial charge >= 0.3 is 0 Å². The lowest BCUT2D eigenvalue weighted by atomic mass is 10.1. The molecule has 0 radical (unpaired) electrons. The van der Waals surface area contributed by atoms with E-state index in [1.54, 1.807) is 0 Å². The monoisotopic (exact) mass is 207 g/mol. The molecule has 15 heavy (non-hydrogen) atoms. The zero-order valence-electron chi connectivity index (χ0n) is 9.90. The third kappa shape index (κ3) is 3.96. The highest BCUT2D eigenvalue weighted by Crippen LogP contribution is 2.14. The van der Waals surface area contributed by atoms with Crippen molar-refractivity contribution in [3.8, 4) is 0 Å². The van der Waals surface area contributed by atoms with Crippen LogP contribution in [0.2, 0.25) is 0 Å². The van der Waals surface area contributed by atoms with Crippen LogP contribution in [0, 0.1) is 5.92 Å². The lowest BCUT2D eigenvalue weighted by molar-refractivity contribution is 0.608. The third-order valence-electron chi connectivity index (χ3n) is 2.39. The van der Waals surface area contributed by atoms with Crippen molar-refractivity contribution in [2.75, 3.05) is 6.54 Å². The Morgan fingerprint density at radius 1 is 1.33 bits per heavy atom. The van der Waals surface area contributed by atoms with Gasteiger partial charge in [-0.15, -0.1) is 0 Å². The topological polar surface area (TPSA) is 51.8 Å². The Kier molecular flexibility index (Phi) is 4.69. The molecule has 2 N–H and O–H groups in total. The van der Waals surface area contributed by atoms with Crippen LogP contribution in [-0.4, -0.2) is 16.5 Å². The van der Waals surface area contributed by atoms with Crippen LogP contribution in [0.15, 0.2) is 12.3 Å². The van der Waals surface area contributed by atoms with E-state index in [4.69, 9.17) is 5.73 Å². The summed E-state index contributed by atoms with van der Waals surface area (Å²) >= 11 is 0. The van der Waals surface area contributed by atoms with Crippen LogP contribution in [-0.2, 0) is 6.42 Å². The molecule has 1 unspecified atom stereocenters. The number of nitrogens with zero attached hydrogens (tertiary/aromatic N) is 2. The summed E-state index contributed by atoms with van der Waals surface area (Å²) in [7, 11) is 0. The van der Waals surface area contributed by atoms with E-state index in [2.05, 4.69) is 30.7 Å². The lowest BCUT2D eigenvalue weighted by Gasteiger charge is -2.10. The van der Waals surface area contributed by atoms with Crippen LogP contribution in [0.5, 0.6) is 0 Å². The van der Waals surface area contributed by atoms with E-state index in [-0.39, 0.29) is 0 Å². The zero-order chi connectivity index (χ0) is 11.3. The van der Waals surface area contributed by atoms with Gasteiger partial charge < -0.3 is 5.73 Å². The average Bonchev–Trinajstić information content (AvgIpc) is 2.17. The van der Waals surface area contributed by atoms with Gasteiger partial charge in [-0.3, -0.25) is 0 Å². The Morgan fingerprint density at radius 2 is 2.07 bits per heavy atom. The van der Waals surface area contributed by atoms with Crippen molar-refractivity contribution < 1.29 is 0 Å². The fraction of sp³-hybridized carbons (Fsp3) is 0.667.